The Balaban J connectivity index is 1.76. The van der Waals surface area contributed by atoms with E-state index in [0.29, 0.717) is 11.6 Å². The summed E-state index contributed by atoms with van der Waals surface area (Å²) >= 11 is 9.08. The van der Waals surface area contributed by atoms with Crippen molar-refractivity contribution in [1.82, 2.24) is 5.32 Å². The van der Waals surface area contributed by atoms with E-state index in [1.54, 1.807) is 18.0 Å². The van der Waals surface area contributed by atoms with E-state index in [0.717, 1.165) is 20.2 Å². The van der Waals surface area contributed by atoms with Gasteiger partial charge in [0.1, 0.15) is 12.1 Å². The number of hydrogen-bond donors (Lipinski definition) is 1. The van der Waals surface area contributed by atoms with Crippen LogP contribution in [-0.4, -0.2) is 6.21 Å². The van der Waals surface area contributed by atoms with Gasteiger partial charge in [-0.1, -0.05) is 47.6 Å². The van der Waals surface area contributed by atoms with E-state index < -0.39 is 0 Å². The maximum absolute atomic E-state index is 9.48. The Morgan fingerprint density at radius 1 is 1.07 bits per heavy atom. The number of allylic oxidation sites excluding steroid dienone is 2. The zero-order valence-corrected chi connectivity index (χ0v) is 17.6. The zero-order chi connectivity index (χ0) is 20.5. The Bertz CT molecular complexity index is 1100. The fraction of sp³-hybridized carbons (Fsp3) is 0.0455. The SMILES string of the molecule is N#CC(N=Cc1cccs1)=C(C#N)NCc1ccccc1Sc1ccc(Cl)cc1. The lowest BCUT2D eigenvalue weighted by Gasteiger charge is -2.11. The third-order valence-electron chi connectivity index (χ3n) is 3.79. The summed E-state index contributed by atoms with van der Waals surface area (Å²) in [5, 5.41) is 24.6. The first-order valence-electron chi connectivity index (χ1n) is 8.57. The standard InChI is InChI=1S/C22H15ClN4S2/c23-17-7-9-18(10-8-17)29-22-6-2-1-4-16(22)14-26-20(12-24)21(13-25)27-15-19-5-3-11-28-19/h1-11,15,26H,14H2. The minimum Gasteiger partial charge on any atom is -0.370 e. The van der Waals surface area contributed by atoms with Crippen molar-refractivity contribution in [2.75, 3.05) is 0 Å². The number of thiophene rings is 1. The van der Waals surface area contributed by atoms with Gasteiger partial charge >= 0.3 is 0 Å². The normalized spacial score (nSPS) is 11.6. The van der Waals surface area contributed by atoms with Crippen molar-refractivity contribution >= 4 is 40.9 Å². The van der Waals surface area contributed by atoms with E-state index in [-0.39, 0.29) is 11.4 Å². The molecule has 0 aliphatic rings. The number of benzene rings is 2. The van der Waals surface area contributed by atoms with Gasteiger partial charge in [-0.05, 0) is 47.3 Å². The fourth-order valence-corrected chi connectivity index (χ4v) is 4.04. The van der Waals surface area contributed by atoms with Gasteiger partial charge in [-0.15, -0.1) is 11.3 Å². The van der Waals surface area contributed by atoms with Crippen LogP contribution in [0.15, 0.2) is 92.2 Å². The number of nitriles is 2. The maximum Gasteiger partial charge on any atom is 0.174 e. The number of halogens is 1. The highest BCUT2D eigenvalue weighted by Gasteiger charge is 2.08. The number of rotatable bonds is 7. The molecule has 0 fully saturated rings. The van der Waals surface area contributed by atoms with Crippen molar-refractivity contribution in [3.63, 3.8) is 0 Å². The summed E-state index contributed by atoms with van der Waals surface area (Å²) in [5.74, 6) is 0. The summed E-state index contributed by atoms with van der Waals surface area (Å²) in [6.45, 7) is 0.402. The molecule has 0 unspecified atom stereocenters. The highest BCUT2D eigenvalue weighted by molar-refractivity contribution is 7.99. The van der Waals surface area contributed by atoms with Crippen molar-refractivity contribution in [3.05, 3.63) is 92.9 Å². The summed E-state index contributed by atoms with van der Waals surface area (Å²) in [5.41, 5.74) is 1.22. The molecule has 0 saturated heterocycles. The molecular formula is C22H15ClN4S2. The molecule has 0 aliphatic carbocycles. The third kappa shape index (κ3) is 5.97. The molecule has 0 saturated carbocycles. The molecule has 0 aliphatic heterocycles. The third-order valence-corrected chi connectivity index (χ3v) is 5.97. The summed E-state index contributed by atoms with van der Waals surface area (Å²) in [6, 6.07) is 23.4. The van der Waals surface area contributed by atoms with E-state index in [1.807, 2.05) is 78.2 Å². The van der Waals surface area contributed by atoms with Crippen LogP contribution < -0.4 is 5.32 Å². The smallest absolute Gasteiger partial charge is 0.174 e. The lowest BCUT2D eigenvalue weighted by molar-refractivity contribution is 0.813. The van der Waals surface area contributed by atoms with Gasteiger partial charge in [0, 0.05) is 32.5 Å². The number of hydrogen-bond acceptors (Lipinski definition) is 6. The van der Waals surface area contributed by atoms with Gasteiger partial charge in [0.15, 0.2) is 11.4 Å². The quantitative estimate of drug-likeness (QED) is 0.364. The fourth-order valence-electron chi connectivity index (χ4n) is 2.38. The molecule has 0 radical (unpaired) electrons. The van der Waals surface area contributed by atoms with Crippen LogP contribution in [0.5, 0.6) is 0 Å². The second kappa shape index (κ2) is 10.5. The van der Waals surface area contributed by atoms with Crippen LogP contribution in [0.2, 0.25) is 5.02 Å². The molecule has 3 aromatic rings. The molecule has 1 heterocycles. The molecule has 2 aromatic carbocycles. The lowest BCUT2D eigenvalue weighted by Crippen LogP contribution is -2.14. The molecule has 0 bridgehead atoms. The van der Waals surface area contributed by atoms with Crippen LogP contribution in [0.3, 0.4) is 0 Å². The van der Waals surface area contributed by atoms with Crippen LogP contribution >= 0.6 is 34.7 Å². The first-order valence-corrected chi connectivity index (χ1v) is 10.6. The van der Waals surface area contributed by atoms with E-state index in [1.165, 1.54) is 11.3 Å². The van der Waals surface area contributed by atoms with Crippen LogP contribution in [0.1, 0.15) is 10.4 Å². The highest BCUT2D eigenvalue weighted by Crippen LogP contribution is 2.31. The Morgan fingerprint density at radius 3 is 2.55 bits per heavy atom. The van der Waals surface area contributed by atoms with Crippen molar-refractivity contribution in [1.29, 1.82) is 10.5 Å². The van der Waals surface area contributed by atoms with E-state index in [4.69, 9.17) is 11.6 Å². The molecule has 3 rings (SSSR count). The topological polar surface area (TPSA) is 72.0 Å². The molecule has 0 spiro atoms. The van der Waals surface area contributed by atoms with Crippen molar-refractivity contribution in [2.45, 2.75) is 16.3 Å². The second-order valence-electron chi connectivity index (χ2n) is 5.74. The number of nitrogens with one attached hydrogen (secondary N) is 1. The predicted molar refractivity (Wildman–Crippen MR) is 119 cm³/mol. The van der Waals surface area contributed by atoms with Crippen LogP contribution in [-0.2, 0) is 6.54 Å². The number of nitrogens with zero attached hydrogens (tertiary/aromatic N) is 3. The summed E-state index contributed by atoms with van der Waals surface area (Å²) < 4.78 is 0. The van der Waals surface area contributed by atoms with Gasteiger partial charge in [0.2, 0.25) is 0 Å². The maximum atomic E-state index is 9.48. The van der Waals surface area contributed by atoms with E-state index >= 15 is 0 Å². The Kier molecular flexibility index (Phi) is 7.49. The average molecular weight is 435 g/mol. The Labute approximate surface area is 182 Å². The van der Waals surface area contributed by atoms with Crippen LogP contribution in [0.4, 0.5) is 0 Å². The van der Waals surface area contributed by atoms with Gasteiger partial charge in [-0.25, -0.2) is 4.99 Å². The molecule has 29 heavy (non-hydrogen) atoms. The molecule has 142 valence electrons. The molecular weight excluding hydrogens is 420 g/mol. The Morgan fingerprint density at radius 2 is 1.86 bits per heavy atom. The number of aliphatic imine (C=N–C) groups is 1. The van der Waals surface area contributed by atoms with Crippen molar-refractivity contribution in [2.24, 2.45) is 4.99 Å². The summed E-state index contributed by atoms with van der Waals surface area (Å²) in [4.78, 5) is 7.21. The second-order valence-corrected chi connectivity index (χ2v) is 8.27. The van der Waals surface area contributed by atoms with Crippen LogP contribution in [0.25, 0.3) is 0 Å². The highest BCUT2D eigenvalue weighted by atomic mass is 35.5. The summed E-state index contributed by atoms with van der Waals surface area (Å²) in [7, 11) is 0. The molecule has 0 amide bonds. The van der Waals surface area contributed by atoms with Gasteiger partial charge in [0.05, 0.1) is 0 Å². The average Bonchev–Trinajstić information content (AvgIpc) is 3.27. The predicted octanol–water partition coefficient (Wildman–Crippen LogP) is 6.02. The van der Waals surface area contributed by atoms with Crippen molar-refractivity contribution < 1.29 is 0 Å². The molecule has 7 heteroatoms. The Hall–Kier alpha value is -3.03. The first-order chi connectivity index (χ1) is 14.2. The van der Waals surface area contributed by atoms with Crippen molar-refractivity contribution in [3.8, 4) is 12.1 Å². The lowest BCUT2D eigenvalue weighted by atomic mass is 10.2. The molecule has 4 nitrogen and oxygen atoms in total. The minimum atomic E-state index is 0.0590. The zero-order valence-electron chi connectivity index (χ0n) is 15.2. The van der Waals surface area contributed by atoms with Gasteiger partial charge in [-0.3, -0.25) is 0 Å². The van der Waals surface area contributed by atoms with Crippen LogP contribution in [0, 0.1) is 22.7 Å². The van der Waals surface area contributed by atoms with Gasteiger partial charge in [0.25, 0.3) is 0 Å². The van der Waals surface area contributed by atoms with Gasteiger partial charge in [-0.2, -0.15) is 10.5 Å². The molecule has 1 N–H and O–H groups in total. The minimum absolute atomic E-state index is 0.0590. The molecule has 1 aromatic heterocycles. The monoisotopic (exact) mass is 434 g/mol. The summed E-state index contributed by atoms with van der Waals surface area (Å²) in [6.07, 6.45) is 1.59. The first kappa shape index (κ1) is 20.7. The van der Waals surface area contributed by atoms with Gasteiger partial charge < -0.3 is 5.32 Å². The van der Waals surface area contributed by atoms with E-state index in [2.05, 4.69) is 10.3 Å². The van der Waals surface area contributed by atoms with E-state index in [9.17, 15) is 10.5 Å². The molecule has 0 atom stereocenters. The largest absolute Gasteiger partial charge is 0.370 e.